The van der Waals surface area contributed by atoms with Crippen LogP contribution in [-0.4, -0.2) is 22.2 Å². The van der Waals surface area contributed by atoms with Crippen LogP contribution >= 0.6 is 0 Å². The van der Waals surface area contributed by atoms with Crippen molar-refractivity contribution in [3.8, 4) is 0 Å². The van der Waals surface area contributed by atoms with E-state index in [0.29, 0.717) is 0 Å². The Morgan fingerprint density at radius 1 is 1.70 bits per heavy atom. The highest BCUT2D eigenvalue weighted by molar-refractivity contribution is 5.89. The highest BCUT2D eigenvalue weighted by Gasteiger charge is 2.26. The standard InChI is InChI=1S/C7H11NO2/c1-5(2)6-3-4-7(9)8(6)10/h3-6,10H,1-2H3. The summed E-state index contributed by atoms with van der Waals surface area (Å²) in [5.74, 6) is -0.0496. The molecule has 0 aromatic rings. The molecule has 0 saturated heterocycles. The van der Waals surface area contributed by atoms with E-state index < -0.39 is 0 Å². The molecule has 1 amide bonds. The number of hydroxylamine groups is 2. The van der Waals surface area contributed by atoms with Crippen molar-refractivity contribution in [2.75, 3.05) is 0 Å². The van der Waals surface area contributed by atoms with Gasteiger partial charge in [-0.1, -0.05) is 19.9 Å². The quantitative estimate of drug-likeness (QED) is 0.549. The van der Waals surface area contributed by atoms with E-state index in [1.165, 1.54) is 6.08 Å². The third kappa shape index (κ3) is 1.04. The maximum absolute atomic E-state index is 10.7. The highest BCUT2D eigenvalue weighted by Crippen LogP contribution is 2.15. The molecule has 1 atom stereocenters. The molecule has 0 saturated carbocycles. The number of rotatable bonds is 1. The van der Waals surface area contributed by atoms with Gasteiger partial charge in [0.25, 0.3) is 5.91 Å². The Balaban J connectivity index is 2.66. The second-order valence-electron chi connectivity index (χ2n) is 2.78. The van der Waals surface area contributed by atoms with Gasteiger partial charge in [-0.25, -0.2) is 5.06 Å². The average molecular weight is 141 g/mol. The van der Waals surface area contributed by atoms with Gasteiger partial charge in [-0.2, -0.15) is 0 Å². The normalized spacial score (nSPS) is 25.0. The summed E-state index contributed by atoms with van der Waals surface area (Å²) in [6.07, 6.45) is 3.11. The van der Waals surface area contributed by atoms with Gasteiger partial charge in [0.15, 0.2) is 0 Å². The first kappa shape index (κ1) is 7.28. The zero-order valence-corrected chi connectivity index (χ0v) is 6.11. The van der Waals surface area contributed by atoms with Crippen LogP contribution in [0, 0.1) is 5.92 Å². The molecule has 0 bridgehead atoms. The lowest BCUT2D eigenvalue weighted by Crippen LogP contribution is -2.33. The third-order valence-corrected chi connectivity index (χ3v) is 1.63. The molecule has 1 rings (SSSR count). The van der Waals surface area contributed by atoms with Crippen LogP contribution in [0.5, 0.6) is 0 Å². The van der Waals surface area contributed by atoms with Crippen molar-refractivity contribution in [3.05, 3.63) is 12.2 Å². The van der Waals surface area contributed by atoms with Gasteiger partial charge in [0.1, 0.15) is 0 Å². The molecule has 1 aliphatic rings. The Labute approximate surface area is 59.9 Å². The molecule has 0 aromatic carbocycles. The number of nitrogens with zero attached hydrogens (tertiary/aromatic N) is 1. The maximum Gasteiger partial charge on any atom is 0.270 e. The van der Waals surface area contributed by atoms with Crippen molar-refractivity contribution in [2.24, 2.45) is 5.92 Å². The van der Waals surface area contributed by atoms with Crippen molar-refractivity contribution in [3.63, 3.8) is 0 Å². The van der Waals surface area contributed by atoms with Gasteiger partial charge in [-0.3, -0.25) is 10.0 Å². The summed E-state index contributed by atoms with van der Waals surface area (Å²) in [7, 11) is 0. The van der Waals surface area contributed by atoms with Crippen LogP contribution in [0.25, 0.3) is 0 Å². The monoisotopic (exact) mass is 141 g/mol. The molecular formula is C7H11NO2. The van der Waals surface area contributed by atoms with Gasteiger partial charge in [-0.05, 0) is 5.92 Å². The zero-order chi connectivity index (χ0) is 7.72. The molecule has 56 valence electrons. The Kier molecular flexibility index (Phi) is 1.76. The van der Waals surface area contributed by atoms with Crippen molar-refractivity contribution >= 4 is 5.91 Å². The lowest BCUT2D eigenvalue weighted by atomic mass is 10.1. The van der Waals surface area contributed by atoms with Crippen LogP contribution in [0.1, 0.15) is 13.8 Å². The summed E-state index contributed by atoms with van der Waals surface area (Å²) in [5, 5.41) is 9.82. The Bertz CT molecular complexity index is 174. The fourth-order valence-electron chi connectivity index (χ4n) is 0.990. The van der Waals surface area contributed by atoms with E-state index in [0.717, 1.165) is 5.06 Å². The summed E-state index contributed by atoms with van der Waals surface area (Å²) >= 11 is 0. The predicted octanol–water partition coefficient (Wildman–Crippen LogP) is 0.799. The van der Waals surface area contributed by atoms with E-state index in [1.54, 1.807) is 6.08 Å². The molecule has 10 heavy (non-hydrogen) atoms. The number of carbonyl (C=O) groups is 1. The summed E-state index contributed by atoms with van der Waals surface area (Å²) in [6, 6.07) is -0.132. The summed E-state index contributed by atoms with van der Waals surface area (Å²) < 4.78 is 0. The molecule has 0 aliphatic carbocycles. The van der Waals surface area contributed by atoms with Crippen LogP contribution in [0.15, 0.2) is 12.2 Å². The zero-order valence-electron chi connectivity index (χ0n) is 6.11. The molecule has 0 aromatic heterocycles. The lowest BCUT2D eigenvalue weighted by Gasteiger charge is -2.20. The van der Waals surface area contributed by atoms with E-state index in [1.807, 2.05) is 13.8 Å². The van der Waals surface area contributed by atoms with Crippen LogP contribution < -0.4 is 0 Å². The number of hydrogen-bond donors (Lipinski definition) is 1. The topological polar surface area (TPSA) is 40.5 Å². The SMILES string of the molecule is CC(C)C1C=CC(=O)N1O. The Morgan fingerprint density at radius 2 is 2.30 bits per heavy atom. The van der Waals surface area contributed by atoms with Gasteiger partial charge in [0, 0.05) is 6.08 Å². The van der Waals surface area contributed by atoms with E-state index in [4.69, 9.17) is 5.21 Å². The molecule has 1 unspecified atom stereocenters. The first-order chi connectivity index (χ1) is 4.63. The van der Waals surface area contributed by atoms with Gasteiger partial charge in [-0.15, -0.1) is 0 Å². The van der Waals surface area contributed by atoms with E-state index in [9.17, 15) is 4.79 Å². The maximum atomic E-state index is 10.7. The Hall–Kier alpha value is -0.830. The Morgan fingerprint density at radius 3 is 2.50 bits per heavy atom. The first-order valence-electron chi connectivity index (χ1n) is 3.33. The lowest BCUT2D eigenvalue weighted by molar-refractivity contribution is -0.165. The van der Waals surface area contributed by atoms with E-state index in [-0.39, 0.29) is 17.9 Å². The second kappa shape index (κ2) is 2.42. The molecular weight excluding hydrogens is 130 g/mol. The second-order valence-corrected chi connectivity index (χ2v) is 2.78. The fraction of sp³-hybridized carbons (Fsp3) is 0.571. The molecule has 0 spiro atoms. The predicted molar refractivity (Wildman–Crippen MR) is 36.4 cm³/mol. The molecule has 3 heteroatoms. The molecule has 0 fully saturated rings. The minimum atomic E-state index is -0.321. The largest absolute Gasteiger partial charge is 0.285 e. The van der Waals surface area contributed by atoms with Crippen molar-refractivity contribution in [1.29, 1.82) is 0 Å². The summed E-state index contributed by atoms with van der Waals surface area (Å²) in [6.45, 7) is 3.91. The summed E-state index contributed by atoms with van der Waals surface area (Å²) in [4.78, 5) is 10.7. The molecule has 1 N–H and O–H groups in total. The minimum Gasteiger partial charge on any atom is -0.285 e. The van der Waals surface area contributed by atoms with Crippen LogP contribution in [0.3, 0.4) is 0 Å². The van der Waals surface area contributed by atoms with Crippen LogP contribution in [-0.2, 0) is 4.79 Å². The van der Waals surface area contributed by atoms with Gasteiger partial charge >= 0.3 is 0 Å². The summed E-state index contributed by atoms with van der Waals surface area (Å²) in [5.41, 5.74) is 0. The minimum absolute atomic E-state index is 0.132. The van der Waals surface area contributed by atoms with Gasteiger partial charge < -0.3 is 0 Å². The number of carbonyl (C=O) groups excluding carboxylic acids is 1. The van der Waals surface area contributed by atoms with Crippen molar-refractivity contribution < 1.29 is 10.0 Å². The molecule has 1 heterocycles. The molecule has 0 radical (unpaired) electrons. The number of hydrogen-bond acceptors (Lipinski definition) is 2. The first-order valence-corrected chi connectivity index (χ1v) is 3.33. The smallest absolute Gasteiger partial charge is 0.270 e. The molecule has 1 aliphatic heterocycles. The van der Waals surface area contributed by atoms with Crippen molar-refractivity contribution in [2.45, 2.75) is 19.9 Å². The highest BCUT2D eigenvalue weighted by atomic mass is 16.5. The van der Waals surface area contributed by atoms with Crippen LogP contribution in [0.4, 0.5) is 0 Å². The fourth-order valence-corrected chi connectivity index (χ4v) is 0.990. The average Bonchev–Trinajstić information content (AvgIpc) is 2.14. The molecule has 3 nitrogen and oxygen atoms in total. The number of amides is 1. The van der Waals surface area contributed by atoms with Crippen molar-refractivity contribution in [1.82, 2.24) is 5.06 Å². The van der Waals surface area contributed by atoms with Crippen LogP contribution in [0.2, 0.25) is 0 Å². The van der Waals surface area contributed by atoms with E-state index >= 15 is 0 Å². The van der Waals surface area contributed by atoms with Gasteiger partial charge in [0.05, 0.1) is 6.04 Å². The van der Waals surface area contributed by atoms with E-state index in [2.05, 4.69) is 0 Å². The van der Waals surface area contributed by atoms with Gasteiger partial charge in [0.2, 0.25) is 0 Å². The third-order valence-electron chi connectivity index (χ3n) is 1.63.